The Morgan fingerprint density at radius 3 is 2.29 bits per heavy atom. The maximum absolute atomic E-state index is 13.5. The van der Waals surface area contributed by atoms with E-state index in [1.807, 2.05) is 47.4 Å². The molecule has 1 atom stereocenters. The van der Waals surface area contributed by atoms with Crippen LogP contribution in [0, 0.1) is 0 Å². The average molecular weight is 497 g/mol. The van der Waals surface area contributed by atoms with Gasteiger partial charge in [0, 0.05) is 17.3 Å². The number of benzene rings is 3. The van der Waals surface area contributed by atoms with Crippen molar-refractivity contribution in [1.82, 2.24) is 4.90 Å². The fourth-order valence-electron chi connectivity index (χ4n) is 4.48. The number of hydrogen-bond donors (Lipinski definition) is 1. The van der Waals surface area contributed by atoms with Gasteiger partial charge in [-0.05, 0) is 72.0 Å². The van der Waals surface area contributed by atoms with Crippen LogP contribution in [0.25, 0.3) is 0 Å². The molecule has 1 aliphatic rings. The first-order valence-corrected chi connectivity index (χ1v) is 11.6. The second-order valence-corrected chi connectivity index (χ2v) is 8.64. The number of nitrogens with one attached hydrogen (secondary N) is 1. The zero-order valence-corrected chi connectivity index (χ0v) is 21.0. The van der Waals surface area contributed by atoms with E-state index in [0.29, 0.717) is 53.1 Å². The quantitative estimate of drug-likeness (QED) is 0.451. The monoisotopic (exact) mass is 496 g/mol. The lowest BCUT2D eigenvalue weighted by Crippen LogP contribution is -2.43. The van der Waals surface area contributed by atoms with E-state index in [2.05, 4.69) is 5.32 Å². The van der Waals surface area contributed by atoms with Crippen molar-refractivity contribution in [2.24, 2.45) is 0 Å². The molecule has 0 aliphatic carbocycles. The molecule has 0 saturated heterocycles. The number of nitrogens with zero attached hydrogens (tertiary/aromatic N) is 1. The standard InChI is InChI=1S/C27H29ClN2O5/c1-32-23-9-8-17(13-24(23)33-2)12-22-21-16-26(35-4)25(34-3)14-18(21)10-11-30(22)27(31)29-20-7-5-6-19(28)15-20/h5-9,13-16,22H,10-12H2,1-4H3,(H,29,31)/t22-/m0/s1. The number of amides is 2. The molecule has 1 heterocycles. The smallest absolute Gasteiger partial charge is 0.322 e. The summed E-state index contributed by atoms with van der Waals surface area (Å²) in [7, 11) is 6.45. The van der Waals surface area contributed by atoms with Crippen LogP contribution in [-0.2, 0) is 12.8 Å². The SMILES string of the molecule is COc1ccc(C[C@H]2c3cc(OC)c(OC)cc3CCN2C(=O)Nc2cccc(Cl)c2)cc1OC. The van der Waals surface area contributed by atoms with Gasteiger partial charge in [0.05, 0.1) is 34.5 Å². The molecule has 0 fully saturated rings. The second kappa shape index (κ2) is 10.8. The minimum atomic E-state index is -0.240. The topological polar surface area (TPSA) is 69.3 Å². The number of carbonyl (C=O) groups excluding carboxylic acids is 1. The van der Waals surface area contributed by atoms with Crippen LogP contribution in [0.1, 0.15) is 22.7 Å². The van der Waals surface area contributed by atoms with Crippen molar-refractivity contribution in [2.45, 2.75) is 18.9 Å². The van der Waals surface area contributed by atoms with E-state index in [1.165, 1.54) is 0 Å². The van der Waals surface area contributed by atoms with Crippen LogP contribution in [-0.4, -0.2) is 45.9 Å². The Morgan fingerprint density at radius 1 is 0.914 bits per heavy atom. The van der Waals surface area contributed by atoms with E-state index >= 15 is 0 Å². The predicted molar refractivity (Wildman–Crippen MR) is 136 cm³/mol. The lowest BCUT2D eigenvalue weighted by atomic mass is 9.88. The van der Waals surface area contributed by atoms with Crippen molar-refractivity contribution >= 4 is 23.3 Å². The molecule has 0 aromatic heterocycles. The zero-order chi connectivity index (χ0) is 24.9. The van der Waals surface area contributed by atoms with Gasteiger partial charge in [-0.15, -0.1) is 0 Å². The lowest BCUT2D eigenvalue weighted by molar-refractivity contribution is 0.181. The Hall–Kier alpha value is -3.58. The van der Waals surface area contributed by atoms with Crippen LogP contribution in [0.5, 0.6) is 23.0 Å². The molecular formula is C27H29ClN2O5. The van der Waals surface area contributed by atoms with E-state index in [-0.39, 0.29) is 12.1 Å². The second-order valence-electron chi connectivity index (χ2n) is 8.20. The zero-order valence-electron chi connectivity index (χ0n) is 20.3. The molecule has 0 bridgehead atoms. The molecular weight excluding hydrogens is 468 g/mol. The molecule has 8 heteroatoms. The molecule has 35 heavy (non-hydrogen) atoms. The number of ether oxygens (including phenoxy) is 4. The summed E-state index contributed by atoms with van der Waals surface area (Å²) in [6.07, 6.45) is 1.27. The van der Waals surface area contributed by atoms with Crippen molar-refractivity contribution in [3.8, 4) is 23.0 Å². The highest BCUT2D eigenvalue weighted by Crippen LogP contribution is 2.40. The van der Waals surface area contributed by atoms with Gasteiger partial charge in [0.1, 0.15) is 0 Å². The van der Waals surface area contributed by atoms with Gasteiger partial charge in [-0.3, -0.25) is 0 Å². The van der Waals surface area contributed by atoms with Crippen LogP contribution in [0.15, 0.2) is 54.6 Å². The van der Waals surface area contributed by atoms with Crippen LogP contribution in [0.3, 0.4) is 0 Å². The Balaban J connectivity index is 1.72. The maximum atomic E-state index is 13.5. The number of hydrogen-bond acceptors (Lipinski definition) is 5. The summed E-state index contributed by atoms with van der Waals surface area (Å²) < 4.78 is 22.0. The molecule has 0 spiro atoms. The van der Waals surface area contributed by atoms with Gasteiger partial charge < -0.3 is 29.2 Å². The molecule has 0 unspecified atom stereocenters. The normalized spacial score (nSPS) is 14.7. The molecule has 1 N–H and O–H groups in total. The largest absolute Gasteiger partial charge is 0.493 e. The summed E-state index contributed by atoms with van der Waals surface area (Å²) in [6.45, 7) is 0.548. The van der Waals surface area contributed by atoms with Gasteiger partial charge in [-0.2, -0.15) is 0 Å². The summed E-state index contributed by atoms with van der Waals surface area (Å²) >= 11 is 6.12. The van der Waals surface area contributed by atoms with Gasteiger partial charge in [0.15, 0.2) is 23.0 Å². The van der Waals surface area contributed by atoms with Gasteiger partial charge >= 0.3 is 6.03 Å². The molecule has 184 valence electrons. The van der Waals surface area contributed by atoms with E-state index in [9.17, 15) is 4.79 Å². The number of rotatable bonds is 7. The van der Waals surface area contributed by atoms with E-state index in [4.69, 9.17) is 30.5 Å². The minimum absolute atomic E-state index is 0.196. The third-order valence-corrected chi connectivity index (χ3v) is 6.45. The predicted octanol–water partition coefficient (Wildman–Crippen LogP) is 5.75. The van der Waals surface area contributed by atoms with Crippen molar-refractivity contribution in [3.63, 3.8) is 0 Å². The van der Waals surface area contributed by atoms with Crippen LogP contribution in [0.4, 0.5) is 10.5 Å². The summed E-state index contributed by atoms with van der Waals surface area (Å²) in [4.78, 5) is 15.3. The van der Waals surface area contributed by atoms with Crippen LogP contribution in [0.2, 0.25) is 5.02 Å². The molecule has 0 saturated carbocycles. The van der Waals surface area contributed by atoms with Crippen molar-refractivity contribution in [2.75, 3.05) is 40.3 Å². The first kappa shape index (κ1) is 24.5. The van der Waals surface area contributed by atoms with E-state index < -0.39 is 0 Å². The lowest BCUT2D eigenvalue weighted by Gasteiger charge is -2.38. The highest BCUT2D eigenvalue weighted by molar-refractivity contribution is 6.30. The summed E-state index contributed by atoms with van der Waals surface area (Å²) in [5.74, 6) is 2.60. The first-order valence-electron chi connectivity index (χ1n) is 11.3. The molecule has 2 amide bonds. The average Bonchev–Trinajstić information content (AvgIpc) is 2.87. The Kier molecular flexibility index (Phi) is 7.56. The maximum Gasteiger partial charge on any atom is 0.322 e. The Labute approximate surface area is 210 Å². The minimum Gasteiger partial charge on any atom is -0.493 e. The number of carbonyl (C=O) groups is 1. The van der Waals surface area contributed by atoms with Gasteiger partial charge in [0.2, 0.25) is 0 Å². The summed E-state index contributed by atoms with van der Waals surface area (Å²) in [5, 5.41) is 3.55. The molecule has 7 nitrogen and oxygen atoms in total. The third kappa shape index (κ3) is 5.25. The number of halogens is 1. The number of anilines is 1. The third-order valence-electron chi connectivity index (χ3n) is 6.22. The van der Waals surface area contributed by atoms with Gasteiger partial charge in [0.25, 0.3) is 0 Å². The molecule has 4 rings (SSSR count). The fraction of sp³-hybridized carbons (Fsp3) is 0.296. The molecule has 3 aromatic rings. The highest BCUT2D eigenvalue weighted by atomic mass is 35.5. The van der Waals surface area contributed by atoms with E-state index in [1.54, 1.807) is 40.6 Å². The Morgan fingerprint density at radius 2 is 1.60 bits per heavy atom. The molecule has 1 aliphatic heterocycles. The van der Waals surface area contributed by atoms with Crippen molar-refractivity contribution < 1.29 is 23.7 Å². The highest BCUT2D eigenvalue weighted by Gasteiger charge is 2.32. The number of fused-ring (bicyclic) bond motifs is 1. The molecule has 3 aromatic carbocycles. The number of methoxy groups -OCH3 is 4. The van der Waals surface area contributed by atoms with Crippen molar-refractivity contribution in [1.29, 1.82) is 0 Å². The summed E-state index contributed by atoms with van der Waals surface area (Å²) in [6, 6.07) is 16.5. The summed E-state index contributed by atoms with van der Waals surface area (Å²) in [5.41, 5.74) is 3.80. The fourth-order valence-corrected chi connectivity index (χ4v) is 4.67. The van der Waals surface area contributed by atoms with E-state index in [0.717, 1.165) is 16.7 Å². The van der Waals surface area contributed by atoms with Crippen LogP contribution < -0.4 is 24.3 Å². The first-order chi connectivity index (χ1) is 17.0. The van der Waals surface area contributed by atoms with Gasteiger partial charge in [-0.25, -0.2) is 4.79 Å². The van der Waals surface area contributed by atoms with Crippen LogP contribution >= 0.6 is 11.6 Å². The Bertz CT molecular complexity index is 1220. The number of urea groups is 1. The van der Waals surface area contributed by atoms with Gasteiger partial charge in [-0.1, -0.05) is 23.7 Å². The van der Waals surface area contributed by atoms with Crippen molar-refractivity contribution in [3.05, 3.63) is 76.3 Å². The molecule has 0 radical (unpaired) electrons.